The monoisotopic (exact) mass is 413 g/mol. The first kappa shape index (κ1) is 20.7. The molecule has 0 amide bonds. The fraction of sp³-hybridized carbons (Fsp3) is 0.950. The van der Waals surface area contributed by atoms with Crippen molar-refractivity contribution in [2.24, 2.45) is 11.8 Å². The van der Waals surface area contributed by atoms with E-state index < -0.39 is 19.1 Å². The third kappa shape index (κ3) is 3.36. The molecule has 160 valence electrons. The van der Waals surface area contributed by atoms with E-state index in [4.69, 9.17) is 24.0 Å². The van der Waals surface area contributed by atoms with Crippen molar-refractivity contribution in [2.75, 3.05) is 6.54 Å². The first-order valence-electron chi connectivity index (χ1n) is 11.2. The number of carbonyl (C=O) groups is 1. The summed E-state index contributed by atoms with van der Waals surface area (Å²) in [5.74, 6) is 1.28. The first-order valence-corrected chi connectivity index (χ1v) is 13.4. The zero-order chi connectivity index (χ0) is 19.8. The van der Waals surface area contributed by atoms with Crippen LogP contribution in [-0.4, -0.2) is 37.7 Å². The molecular formula is C20H35NO6Si. The van der Waals surface area contributed by atoms with Gasteiger partial charge in [0.05, 0.1) is 0 Å². The summed E-state index contributed by atoms with van der Waals surface area (Å²) in [6.07, 6.45) is 9.04. The van der Waals surface area contributed by atoms with Crippen LogP contribution in [0.15, 0.2) is 0 Å². The molecule has 4 aliphatic rings. The van der Waals surface area contributed by atoms with Gasteiger partial charge in [0.15, 0.2) is 0 Å². The summed E-state index contributed by atoms with van der Waals surface area (Å²) in [6, 6.07) is 1.45. The Bertz CT molecular complexity index is 559. The van der Waals surface area contributed by atoms with Crippen molar-refractivity contribution in [1.82, 2.24) is 5.32 Å². The number of hydrogen-bond acceptors (Lipinski definition) is 7. The largest absolute Gasteiger partial charge is 0.507 e. The van der Waals surface area contributed by atoms with Crippen molar-refractivity contribution < 1.29 is 28.8 Å². The Labute approximate surface area is 168 Å². The Morgan fingerprint density at radius 3 is 2.29 bits per heavy atom. The first-order chi connectivity index (χ1) is 13.6. The van der Waals surface area contributed by atoms with Gasteiger partial charge in [-0.3, -0.25) is 4.79 Å². The van der Waals surface area contributed by atoms with Crippen molar-refractivity contribution in [3.05, 3.63) is 0 Å². The molecule has 3 aliphatic heterocycles. The van der Waals surface area contributed by atoms with E-state index in [1.54, 1.807) is 0 Å². The molecule has 3 saturated heterocycles. The van der Waals surface area contributed by atoms with Crippen molar-refractivity contribution in [2.45, 2.75) is 101 Å². The SMILES string of the molecule is CCC(=O)O[Si](CCCC1CNC2CCCCC12)(C1(CC)OO1)C1(CC)OO1. The highest BCUT2D eigenvalue weighted by Crippen LogP contribution is 2.57. The average Bonchev–Trinajstić information content (AvgIpc) is 3.65. The topological polar surface area (TPSA) is 88.5 Å². The normalized spacial score (nSPS) is 32.6. The minimum absolute atomic E-state index is 0.222. The lowest BCUT2D eigenvalue weighted by Gasteiger charge is -2.35. The van der Waals surface area contributed by atoms with Gasteiger partial charge >= 0.3 is 8.32 Å². The van der Waals surface area contributed by atoms with Crippen LogP contribution >= 0.6 is 0 Å². The standard InChI is InChI=1S/C20H35NO6Si/c1-4-18(22)23-28(19(5-2)24-25-19,20(6-3)26-27-20)13-9-10-15-14-21-17-12-8-7-11-16(15)17/h15-17,21H,4-14H2,1-3H3. The van der Waals surface area contributed by atoms with Crippen molar-refractivity contribution in [3.8, 4) is 0 Å². The average molecular weight is 414 g/mol. The zero-order valence-corrected chi connectivity index (χ0v) is 18.5. The van der Waals surface area contributed by atoms with Gasteiger partial charge in [-0.1, -0.05) is 40.0 Å². The van der Waals surface area contributed by atoms with Gasteiger partial charge in [0.25, 0.3) is 16.8 Å². The second-order valence-electron chi connectivity index (χ2n) is 8.82. The predicted octanol–water partition coefficient (Wildman–Crippen LogP) is 3.66. The third-order valence-corrected chi connectivity index (χ3v) is 12.6. The van der Waals surface area contributed by atoms with E-state index in [0.717, 1.165) is 31.3 Å². The number of nitrogens with one attached hydrogen (secondary N) is 1. The van der Waals surface area contributed by atoms with Gasteiger partial charge in [0, 0.05) is 25.3 Å². The number of carbonyl (C=O) groups excluding carboxylic acids is 1. The molecule has 3 heterocycles. The summed E-state index contributed by atoms with van der Waals surface area (Å²) in [5, 5.41) is 3.73. The molecule has 3 atom stereocenters. The minimum Gasteiger partial charge on any atom is -0.507 e. The van der Waals surface area contributed by atoms with Crippen LogP contribution < -0.4 is 5.32 Å². The van der Waals surface area contributed by atoms with Crippen LogP contribution in [0.5, 0.6) is 0 Å². The highest BCUT2D eigenvalue weighted by Gasteiger charge is 2.85. The summed E-state index contributed by atoms with van der Waals surface area (Å²) in [4.78, 5) is 34.4. The van der Waals surface area contributed by atoms with Crippen molar-refractivity contribution >= 4 is 14.3 Å². The molecule has 0 radical (unpaired) electrons. The molecule has 4 rings (SSSR count). The maximum Gasteiger partial charge on any atom is 0.391 e. The van der Waals surface area contributed by atoms with Crippen molar-refractivity contribution in [1.29, 1.82) is 0 Å². The molecule has 4 fully saturated rings. The maximum absolute atomic E-state index is 12.4. The van der Waals surface area contributed by atoms with Crippen LogP contribution in [0, 0.1) is 11.8 Å². The molecule has 0 spiro atoms. The van der Waals surface area contributed by atoms with Gasteiger partial charge in [-0.05, 0) is 43.7 Å². The van der Waals surface area contributed by atoms with Gasteiger partial charge in [0.1, 0.15) is 0 Å². The Kier molecular flexibility index (Phi) is 5.90. The minimum atomic E-state index is -2.99. The predicted molar refractivity (Wildman–Crippen MR) is 104 cm³/mol. The van der Waals surface area contributed by atoms with Gasteiger partial charge in [-0.25, -0.2) is 0 Å². The van der Waals surface area contributed by atoms with E-state index in [1.165, 1.54) is 25.7 Å². The quantitative estimate of drug-likeness (QED) is 0.332. The molecule has 1 saturated carbocycles. The van der Waals surface area contributed by atoms with Crippen LogP contribution in [0.3, 0.4) is 0 Å². The fourth-order valence-corrected chi connectivity index (χ4v) is 10.4. The Morgan fingerprint density at radius 1 is 1.07 bits per heavy atom. The molecule has 3 unspecified atom stereocenters. The Hall–Kier alpha value is -0.513. The molecule has 0 bridgehead atoms. The summed E-state index contributed by atoms with van der Waals surface area (Å²) in [6.45, 7) is 6.94. The maximum atomic E-state index is 12.4. The van der Waals surface area contributed by atoms with E-state index >= 15 is 0 Å². The van der Waals surface area contributed by atoms with E-state index in [9.17, 15) is 4.79 Å². The van der Waals surface area contributed by atoms with E-state index in [2.05, 4.69) is 5.32 Å². The molecule has 28 heavy (non-hydrogen) atoms. The lowest BCUT2D eigenvalue weighted by Crippen LogP contribution is -2.65. The summed E-state index contributed by atoms with van der Waals surface area (Å²) < 4.78 is 6.18. The van der Waals surface area contributed by atoms with E-state index in [-0.39, 0.29) is 5.97 Å². The molecule has 1 aliphatic carbocycles. The molecule has 1 N–H and O–H groups in total. The van der Waals surface area contributed by atoms with Crippen LogP contribution in [0.1, 0.15) is 78.6 Å². The van der Waals surface area contributed by atoms with Crippen LogP contribution in [0.25, 0.3) is 0 Å². The number of rotatable bonds is 10. The Morgan fingerprint density at radius 2 is 1.71 bits per heavy atom. The molecule has 8 heteroatoms. The second kappa shape index (κ2) is 7.96. The van der Waals surface area contributed by atoms with Gasteiger partial charge in [-0.2, -0.15) is 19.6 Å². The van der Waals surface area contributed by atoms with Crippen molar-refractivity contribution in [3.63, 3.8) is 0 Å². The zero-order valence-electron chi connectivity index (χ0n) is 17.5. The lowest BCUT2D eigenvalue weighted by molar-refractivity contribution is -0.135. The van der Waals surface area contributed by atoms with Crippen LogP contribution in [0.2, 0.25) is 6.04 Å². The lowest BCUT2D eigenvalue weighted by atomic mass is 9.78. The van der Waals surface area contributed by atoms with Gasteiger partial charge in [0.2, 0.25) is 0 Å². The molecule has 7 nitrogen and oxygen atoms in total. The van der Waals surface area contributed by atoms with E-state index in [1.807, 2.05) is 20.8 Å². The molecular weight excluding hydrogens is 378 g/mol. The second-order valence-corrected chi connectivity index (χ2v) is 12.7. The Balaban J connectivity index is 1.48. The smallest absolute Gasteiger partial charge is 0.391 e. The van der Waals surface area contributed by atoms with Gasteiger partial charge in [-0.15, -0.1) is 0 Å². The number of hydrogen-bond donors (Lipinski definition) is 1. The van der Waals surface area contributed by atoms with Gasteiger partial charge < -0.3 is 9.74 Å². The third-order valence-electron chi connectivity index (χ3n) is 7.48. The van der Waals surface area contributed by atoms with Crippen LogP contribution in [0.4, 0.5) is 0 Å². The summed E-state index contributed by atoms with van der Waals surface area (Å²) >= 11 is 0. The van der Waals surface area contributed by atoms with E-state index in [0.29, 0.717) is 31.2 Å². The highest BCUT2D eigenvalue weighted by atomic mass is 28.4. The fourth-order valence-electron chi connectivity index (χ4n) is 5.68. The summed E-state index contributed by atoms with van der Waals surface area (Å²) in [5.41, 5.74) is -1.68. The molecule has 0 aromatic carbocycles. The number of fused-ring (bicyclic) bond motifs is 1. The van der Waals surface area contributed by atoms with Crippen LogP contribution in [-0.2, 0) is 28.8 Å². The molecule has 0 aromatic rings. The molecule has 0 aromatic heterocycles. The highest BCUT2D eigenvalue weighted by molar-refractivity contribution is 6.80. The summed E-state index contributed by atoms with van der Waals surface area (Å²) in [7, 11) is -2.99.